The van der Waals surface area contributed by atoms with Gasteiger partial charge in [-0.1, -0.05) is 24.3 Å². The molecule has 1 amide bonds. The lowest BCUT2D eigenvalue weighted by Gasteiger charge is -2.15. The summed E-state index contributed by atoms with van der Waals surface area (Å²) in [5, 5.41) is 2.66. The Morgan fingerprint density at radius 3 is 2.61 bits per heavy atom. The fraction of sp³-hybridized carbons (Fsp3) is 0.286. The highest BCUT2D eigenvalue weighted by Crippen LogP contribution is 2.24. The number of ether oxygens (including phenoxy) is 2. The Bertz CT molecular complexity index is 1110. The number of nitrogens with zero attached hydrogens (tertiary/aromatic N) is 1. The van der Waals surface area contributed by atoms with Crippen LogP contribution >= 0.6 is 0 Å². The van der Waals surface area contributed by atoms with Gasteiger partial charge in [-0.3, -0.25) is 19.3 Å². The number of fused-ring (bicyclic) bond motifs is 1. The molecule has 0 fully saturated rings. The van der Waals surface area contributed by atoms with E-state index in [1.54, 1.807) is 42.5 Å². The highest BCUT2D eigenvalue weighted by molar-refractivity contribution is 7.90. The molecule has 1 heterocycles. The van der Waals surface area contributed by atoms with Crippen LogP contribution in [-0.4, -0.2) is 45.9 Å². The molecular formula is C21H23N3O6S. The second kappa shape index (κ2) is 9.61. The van der Waals surface area contributed by atoms with E-state index in [4.69, 9.17) is 9.47 Å². The summed E-state index contributed by atoms with van der Waals surface area (Å²) in [6.45, 7) is 1.70. The van der Waals surface area contributed by atoms with Crippen LogP contribution in [-0.2, 0) is 24.3 Å². The van der Waals surface area contributed by atoms with Gasteiger partial charge in [0.25, 0.3) is 15.9 Å². The van der Waals surface area contributed by atoms with Gasteiger partial charge in [0, 0.05) is 18.5 Å². The van der Waals surface area contributed by atoms with Gasteiger partial charge in [0.05, 0.1) is 17.7 Å². The van der Waals surface area contributed by atoms with Gasteiger partial charge in [-0.05, 0) is 37.6 Å². The number of rotatable bonds is 8. The van der Waals surface area contributed by atoms with E-state index in [-0.39, 0.29) is 23.7 Å². The Balaban J connectivity index is 1.47. The number of anilines is 1. The van der Waals surface area contributed by atoms with E-state index in [1.807, 2.05) is 0 Å². The van der Waals surface area contributed by atoms with E-state index in [9.17, 15) is 18.0 Å². The summed E-state index contributed by atoms with van der Waals surface area (Å²) in [5.41, 5.74) is 0.986. The molecule has 0 bridgehead atoms. The highest BCUT2D eigenvalue weighted by atomic mass is 32.2. The first-order valence-corrected chi connectivity index (χ1v) is 11.1. The quantitative estimate of drug-likeness (QED) is 0.474. The topological polar surface area (TPSA) is 123 Å². The zero-order valence-corrected chi connectivity index (χ0v) is 17.9. The lowest BCUT2D eigenvalue weighted by atomic mass is 10.2. The van der Waals surface area contributed by atoms with Crippen LogP contribution in [0.1, 0.15) is 25.3 Å². The summed E-state index contributed by atoms with van der Waals surface area (Å²) < 4.78 is 36.8. The third-order valence-corrected chi connectivity index (χ3v) is 5.91. The molecule has 0 spiro atoms. The van der Waals surface area contributed by atoms with Gasteiger partial charge in [0.15, 0.2) is 6.10 Å². The number of esters is 1. The molecule has 0 aliphatic carbocycles. The Morgan fingerprint density at radius 1 is 1.13 bits per heavy atom. The summed E-state index contributed by atoms with van der Waals surface area (Å²) in [6.07, 6.45) is -0.609. The van der Waals surface area contributed by atoms with E-state index >= 15 is 0 Å². The van der Waals surface area contributed by atoms with E-state index in [0.717, 1.165) is 0 Å². The number of nitrogens with one attached hydrogen (secondary N) is 2. The number of hydrogen-bond donors (Lipinski definition) is 2. The van der Waals surface area contributed by atoms with Crippen LogP contribution in [0.4, 0.5) is 5.69 Å². The molecule has 2 aromatic rings. The molecule has 0 saturated heterocycles. The largest absolute Gasteiger partial charge is 0.495 e. The molecule has 2 N–H and O–H groups in total. The number of amidine groups is 1. The van der Waals surface area contributed by atoms with Crippen molar-refractivity contribution in [3.8, 4) is 5.75 Å². The minimum absolute atomic E-state index is 0.0391. The molecule has 9 nitrogen and oxygen atoms in total. The maximum atomic E-state index is 12.3. The monoisotopic (exact) mass is 445 g/mol. The van der Waals surface area contributed by atoms with Crippen molar-refractivity contribution < 1.29 is 27.5 Å². The van der Waals surface area contributed by atoms with E-state index in [2.05, 4.69) is 15.0 Å². The summed E-state index contributed by atoms with van der Waals surface area (Å²) >= 11 is 0. The van der Waals surface area contributed by atoms with Gasteiger partial charge < -0.3 is 14.8 Å². The van der Waals surface area contributed by atoms with Crippen molar-refractivity contribution in [3.05, 3.63) is 54.1 Å². The number of hydrogen-bond acceptors (Lipinski definition) is 7. The molecule has 1 aliphatic heterocycles. The summed E-state index contributed by atoms with van der Waals surface area (Å²) in [7, 11) is -2.10. The minimum Gasteiger partial charge on any atom is -0.495 e. The molecule has 2 aromatic carbocycles. The van der Waals surface area contributed by atoms with Crippen molar-refractivity contribution in [1.29, 1.82) is 0 Å². The average molecular weight is 445 g/mol. The molecule has 164 valence electrons. The van der Waals surface area contributed by atoms with Crippen molar-refractivity contribution >= 4 is 33.4 Å². The Hall–Kier alpha value is -3.40. The molecular weight excluding hydrogens is 422 g/mol. The number of amides is 1. The van der Waals surface area contributed by atoms with Gasteiger partial charge in [0.2, 0.25) is 0 Å². The van der Waals surface area contributed by atoms with Crippen LogP contribution in [0, 0.1) is 0 Å². The van der Waals surface area contributed by atoms with Crippen LogP contribution in [0.15, 0.2) is 58.4 Å². The molecule has 0 radical (unpaired) electrons. The van der Waals surface area contributed by atoms with Gasteiger partial charge in [-0.15, -0.1) is 0 Å². The maximum absolute atomic E-state index is 12.3. The lowest BCUT2D eigenvalue weighted by Crippen LogP contribution is -2.30. The first-order chi connectivity index (χ1) is 14.8. The Morgan fingerprint density at radius 2 is 1.84 bits per heavy atom. The summed E-state index contributed by atoms with van der Waals surface area (Å²) in [4.78, 5) is 28.7. The van der Waals surface area contributed by atoms with Crippen molar-refractivity contribution in [2.24, 2.45) is 4.99 Å². The summed E-state index contributed by atoms with van der Waals surface area (Å²) in [5.74, 6) is -0.267. The van der Waals surface area contributed by atoms with Crippen molar-refractivity contribution in [2.75, 3.05) is 19.0 Å². The number of para-hydroxylation sites is 2. The predicted octanol–water partition coefficient (Wildman–Crippen LogP) is 2.08. The molecule has 3 rings (SSSR count). The van der Waals surface area contributed by atoms with Crippen LogP contribution < -0.4 is 14.8 Å². The fourth-order valence-corrected chi connectivity index (χ4v) is 4.21. The molecule has 0 saturated carbocycles. The summed E-state index contributed by atoms with van der Waals surface area (Å²) in [6, 6.07) is 13.5. The van der Waals surface area contributed by atoms with E-state index in [0.29, 0.717) is 23.4 Å². The normalized spacial score (nSPS) is 16.1. The van der Waals surface area contributed by atoms with Crippen molar-refractivity contribution in [1.82, 2.24) is 4.72 Å². The van der Waals surface area contributed by atoms with Gasteiger partial charge in [0.1, 0.15) is 11.6 Å². The highest BCUT2D eigenvalue weighted by Gasteiger charge is 2.29. The zero-order chi connectivity index (χ0) is 22.4. The second-order valence-electron chi connectivity index (χ2n) is 6.76. The number of benzene rings is 2. The van der Waals surface area contributed by atoms with Gasteiger partial charge in [-0.25, -0.2) is 8.42 Å². The molecule has 0 unspecified atom stereocenters. The van der Waals surface area contributed by atoms with Crippen molar-refractivity contribution in [2.45, 2.75) is 30.8 Å². The van der Waals surface area contributed by atoms with Gasteiger partial charge >= 0.3 is 5.97 Å². The third kappa shape index (κ3) is 5.40. The molecule has 1 aliphatic rings. The first kappa shape index (κ1) is 22.3. The molecule has 10 heteroatoms. The smallest absolute Gasteiger partial charge is 0.306 e. The third-order valence-electron chi connectivity index (χ3n) is 4.51. The van der Waals surface area contributed by atoms with Crippen LogP contribution in [0.5, 0.6) is 5.75 Å². The number of aliphatic imine (C=N–C) groups is 1. The molecule has 1 atom stereocenters. The zero-order valence-electron chi connectivity index (χ0n) is 17.1. The SMILES string of the molecule is COc1ccccc1NC(=O)[C@H](C)OC(=O)CCCN=C1NS(=O)(=O)c2ccccc21. The van der Waals surface area contributed by atoms with Crippen molar-refractivity contribution in [3.63, 3.8) is 0 Å². The Labute approximate surface area is 180 Å². The second-order valence-corrected chi connectivity index (χ2v) is 8.41. The van der Waals surface area contributed by atoms with Gasteiger partial charge in [-0.2, -0.15) is 0 Å². The van der Waals surface area contributed by atoms with Crippen LogP contribution in [0.2, 0.25) is 0 Å². The van der Waals surface area contributed by atoms with Crippen LogP contribution in [0.3, 0.4) is 0 Å². The minimum atomic E-state index is -3.59. The van der Waals surface area contributed by atoms with E-state index in [1.165, 1.54) is 20.1 Å². The maximum Gasteiger partial charge on any atom is 0.306 e. The first-order valence-electron chi connectivity index (χ1n) is 9.62. The standard InChI is InChI=1S/C21H23N3O6S/c1-14(21(26)23-16-9-4-5-10-17(16)29-2)30-19(25)12-7-13-22-20-15-8-3-6-11-18(15)31(27,28)24-20/h3-6,8-11,14H,7,12-13H2,1-2H3,(H,22,24)(H,23,26)/t14-/m0/s1. The number of methoxy groups -OCH3 is 1. The van der Waals surface area contributed by atoms with E-state index < -0.39 is 28.0 Å². The molecule has 31 heavy (non-hydrogen) atoms. The number of carbonyl (C=O) groups is 2. The number of carbonyl (C=O) groups excluding carboxylic acids is 2. The lowest BCUT2D eigenvalue weighted by molar-refractivity contribution is -0.153. The fourth-order valence-electron chi connectivity index (χ4n) is 2.96. The predicted molar refractivity (Wildman–Crippen MR) is 115 cm³/mol. The molecule has 0 aromatic heterocycles. The Kier molecular flexibility index (Phi) is 6.91. The average Bonchev–Trinajstić information content (AvgIpc) is 3.02. The number of sulfonamides is 1. The van der Waals surface area contributed by atoms with Crippen LogP contribution in [0.25, 0.3) is 0 Å².